The standard InChI is InChI=1S/C18H26N4/c1-3-16(19)13-21-9-11-22(12-10-21)17-8-7-15-6-4-5-14(2)18(15)20-17/h4-8,16H,3,9-13,19H2,1-2H3. The number of para-hydroxylation sites is 1. The third-order valence-corrected chi connectivity index (χ3v) is 4.62. The third-order valence-electron chi connectivity index (χ3n) is 4.62. The maximum absolute atomic E-state index is 6.06. The van der Waals surface area contributed by atoms with Crippen LogP contribution in [0.5, 0.6) is 0 Å². The highest BCUT2D eigenvalue weighted by Gasteiger charge is 2.19. The number of anilines is 1. The predicted molar refractivity (Wildman–Crippen MR) is 93.4 cm³/mol. The summed E-state index contributed by atoms with van der Waals surface area (Å²) in [6.45, 7) is 9.49. The minimum absolute atomic E-state index is 0.299. The number of piperazine rings is 1. The first-order chi connectivity index (χ1) is 10.7. The van der Waals surface area contributed by atoms with E-state index in [0.29, 0.717) is 6.04 Å². The topological polar surface area (TPSA) is 45.4 Å². The SMILES string of the molecule is CCC(N)CN1CCN(c2ccc3cccc(C)c3n2)CC1. The van der Waals surface area contributed by atoms with Crippen LogP contribution in [0.1, 0.15) is 18.9 Å². The molecule has 0 amide bonds. The van der Waals surface area contributed by atoms with Crippen molar-refractivity contribution in [1.82, 2.24) is 9.88 Å². The van der Waals surface area contributed by atoms with Crippen LogP contribution in [0.25, 0.3) is 10.9 Å². The number of benzene rings is 1. The molecule has 3 rings (SSSR count). The normalized spacial score (nSPS) is 17.9. The molecule has 0 spiro atoms. The van der Waals surface area contributed by atoms with Crippen molar-refractivity contribution in [3.05, 3.63) is 35.9 Å². The highest BCUT2D eigenvalue weighted by molar-refractivity contribution is 5.83. The molecule has 0 aliphatic carbocycles. The average Bonchev–Trinajstić information content (AvgIpc) is 2.55. The Morgan fingerprint density at radius 1 is 1.14 bits per heavy atom. The minimum atomic E-state index is 0.299. The Balaban J connectivity index is 1.70. The van der Waals surface area contributed by atoms with Crippen LogP contribution < -0.4 is 10.6 Å². The van der Waals surface area contributed by atoms with Gasteiger partial charge in [0.1, 0.15) is 5.82 Å². The van der Waals surface area contributed by atoms with E-state index >= 15 is 0 Å². The van der Waals surface area contributed by atoms with E-state index in [-0.39, 0.29) is 0 Å². The molecule has 1 aliphatic heterocycles. The summed E-state index contributed by atoms with van der Waals surface area (Å²) in [7, 11) is 0. The molecule has 2 N–H and O–H groups in total. The maximum atomic E-state index is 6.06. The summed E-state index contributed by atoms with van der Waals surface area (Å²) in [5.74, 6) is 1.10. The van der Waals surface area contributed by atoms with E-state index in [9.17, 15) is 0 Å². The molecule has 1 unspecified atom stereocenters. The van der Waals surface area contributed by atoms with E-state index in [4.69, 9.17) is 10.7 Å². The number of fused-ring (bicyclic) bond motifs is 1. The lowest BCUT2D eigenvalue weighted by Crippen LogP contribution is -2.50. The van der Waals surface area contributed by atoms with Crippen molar-refractivity contribution < 1.29 is 0 Å². The highest BCUT2D eigenvalue weighted by atomic mass is 15.3. The summed E-state index contributed by atoms with van der Waals surface area (Å²) < 4.78 is 0. The van der Waals surface area contributed by atoms with Gasteiger partial charge in [-0.3, -0.25) is 4.90 Å². The fraction of sp³-hybridized carbons (Fsp3) is 0.500. The molecule has 4 heteroatoms. The first-order valence-electron chi connectivity index (χ1n) is 8.26. The summed E-state index contributed by atoms with van der Waals surface area (Å²) in [6, 6.07) is 11.0. The first-order valence-corrected chi connectivity index (χ1v) is 8.26. The van der Waals surface area contributed by atoms with Gasteiger partial charge < -0.3 is 10.6 Å². The van der Waals surface area contributed by atoms with Crippen LogP contribution in [-0.2, 0) is 0 Å². The Kier molecular flexibility index (Phi) is 4.60. The van der Waals surface area contributed by atoms with Crippen LogP contribution >= 0.6 is 0 Å². The molecule has 2 aromatic rings. The molecule has 22 heavy (non-hydrogen) atoms. The number of hydrogen-bond acceptors (Lipinski definition) is 4. The number of aryl methyl sites for hydroxylation is 1. The van der Waals surface area contributed by atoms with Crippen molar-refractivity contribution in [2.24, 2.45) is 5.73 Å². The Morgan fingerprint density at radius 3 is 2.64 bits per heavy atom. The van der Waals surface area contributed by atoms with E-state index in [0.717, 1.165) is 50.5 Å². The highest BCUT2D eigenvalue weighted by Crippen LogP contribution is 2.21. The number of pyridine rings is 1. The van der Waals surface area contributed by atoms with Gasteiger partial charge in [-0.2, -0.15) is 0 Å². The summed E-state index contributed by atoms with van der Waals surface area (Å²) in [5, 5.41) is 1.22. The number of hydrogen-bond donors (Lipinski definition) is 1. The number of nitrogens with two attached hydrogens (primary N) is 1. The van der Waals surface area contributed by atoms with Crippen LogP contribution in [-0.4, -0.2) is 48.6 Å². The molecule has 4 nitrogen and oxygen atoms in total. The van der Waals surface area contributed by atoms with Crippen molar-refractivity contribution >= 4 is 16.7 Å². The smallest absolute Gasteiger partial charge is 0.129 e. The summed E-state index contributed by atoms with van der Waals surface area (Å²) in [6.07, 6.45) is 1.05. The number of rotatable bonds is 4. The van der Waals surface area contributed by atoms with E-state index in [1.165, 1.54) is 10.9 Å². The quantitative estimate of drug-likeness (QED) is 0.941. The zero-order valence-electron chi connectivity index (χ0n) is 13.6. The molecule has 1 saturated heterocycles. The molecule has 118 valence electrons. The van der Waals surface area contributed by atoms with Crippen LogP contribution in [0.3, 0.4) is 0 Å². The van der Waals surface area contributed by atoms with Crippen molar-refractivity contribution in [3.8, 4) is 0 Å². The van der Waals surface area contributed by atoms with Crippen molar-refractivity contribution in [2.45, 2.75) is 26.3 Å². The van der Waals surface area contributed by atoms with Crippen LogP contribution in [0, 0.1) is 6.92 Å². The molecule has 1 aromatic carbocycles. The Bertz CT molecular complexity index is 632. The fourth-order valence-electron chi connectivity index (χ4n) is 3.08. The van der Waals surface area contributed by atoms with E-state index in [2.05, 4.69) is 54.0 Å². The Hall–Kier alpha value is -1.65. The number of nitrogens with zero attached hydrogens (tertiary/aromatic N) is 3. The van der Waals surface area contributed by atoms with Crippen LogP contribution in [0.2, 0.25) is 0 Å². The van der Waals surface area contributed by atoms with Crippen LogP contribution in [0.4, 0.5) is 5.82 Å². The molecule has 0 bridgehead atoms. The minimum Gasteiger partial charge on any atom is -0.354 e. The fourth-order valence-corrected chi connectivity index (χ4v) is 3.08. The molecule has 1 aromatic heterocycles. The molecule has 1 fully saturated rings. The molecular weight excluding hydrogens is 272 g/mol. The molecule has 1 aliphatic rings. The largest absolute Gasteiger partial charge is 0.354 e. The van der Waals surface area contributed by atoms with Gasteiger partial charge in [-0.15, -0.1) is 0 Å². The Labute approximate surface area is 132 Å². The molecule has 0 saturated carbocycles. The molecule has 2 heterocycles. The van der Waals surface area contributed by atoms with Gasteiger partial charge in [-0.25, -0.2) is 4.98 Å². The maximum Gasteiger partial charge on any atom is 0.129 e. The van der Waals surface area contributed by atoms with Crippen molar-refractivity contribution in [2.75, 3.05) is 37.6 Å². The van der Waals surface area contributed by atoms with Gasteiger partial charge in [0.25, 0.3) is 0 Å². The first kappa shape index (κ1) is 15.3. The summed E-state index contributed by atoms with van der Waals surface area (Å²) in [5.41, 5.74) is 8.42. The third kappa shape index (κ3) is 3.23. The average molecular weight is 298 g/mol. The van der Waals surface area contributed by atoms with Crippen molar-refractivity contribution in [3.63, 3.8) is 0 Å². The second-order valence-electron chi connectivity index (χ2n) is 6.27. The van der Waals surface area contributed by atoms with E-state index in [1.54, 1.807) is 0 Å². The summed E-state index contributed by atoms with van der Waals surface area (Å²) in [4.78, 5) is 9.74. The van der Waals surface area contributed by atoms with E-state index < -0.39 is 0 Å². The van der Waals surface area contributed by atoms with Crippen molar-refractivity contribution in [1.29, 1.82) is 0 Å². The molecular formula is C18H26N4. The zero-order valence-corrected chi connectivity index (χ0v) is 13.6. The lowest BCUT2D eigenvalue weighted by Gasteiger charge is -2.36. The molecule has 1 atom stereocenters. The second kappa shape index (κ2) is 6.63. The monoisotopic (exact) mass is 298 g/mol. The van der Waals surface area contributed by atoms with Gasteiger partial charge in [0.05, 0.1) is 5.52 Å². The Morgan fingerprint density at radius 2 is 1.91 bits per heavy atom. The van der Waals surface area contributed by atoms with Gasteiger partial charge in [0, 0.05) is 44.2 Å². The lowest BCUT2D eigenvalue weighted by molar-refractivity contribution is 0.240. The van der Waals surface area contributed by atoms with E-state index in [1.807, 2.05) is 0 Å². The predicted octanol–water partition coefficient (Wildman–Crippen LogP) is 2.40. The molecule has 0 radical (unpaired) electrons. The zero-order chi connectivity index (χ0) is 15.5. The van der Waals surface area contributed by atoms with Gasteiger partial charge in [-0.05, 0) is 31.0 Å². The van der Waals surface area contributed by atoms with Gasteiger partial charge >= 0.3 is 0 Å². The lowest BCUT2D eigenvalue weighted by atomic mass is 10.1. The van der Waals surface area contributed by atoms with Gasteiger partial charge in [-0.1, -0.05) is 25.1 Å². The van der Waals surface area contributed by atoms with Gasteiger partial charge in [0.15, 0.2) is 0 Å². The number of aromatic nitrogens is 1. The second-order valence-corrected chi connectivity index (χ2v) is 6.27. The van der Waals surface area contributed by atoms with Gasteiger partial charge in [0.2, 0.25) is 0 Å². The summed E-state index contributed by atoms with van der Waals surface area (Å²) >= 11 is 0. The van der Waals surface area contributed by atoms with Crippen LogP contribution in [0.15, 0.2) is 30.3 Å².